The van der Waals surface area contributed by atoms with Crippen LogP contribution < -0.4 is 4.90 Å². The van der Waals surface area contributed by atoms with Gasteiger partial charge in [0.25, 0.3) is 0 Å². The first-order chi connectivity index (χ1) is 25.5. The zero-order valence-electron chi connectivity index (χ0n) is 29.3. The molecule has 1 nitrogen and oxygen atoms in total. The molecular weight excluding hydrogens is 627 g/mol. The molecule has 0 heterocycles. The van der Waals surface area contributed by atoms with Gasteiger partial charge in [0.1, 0.15) is 0 Å². The first kappa shape index (κ1) is 30.4. The Bertz CT molecular complexity index is 2790. The highest BCUT2D eigenvalue weighted by Gasteiger charge is 2.35. The maximum Gasteiger partial charge on any atom is 0.0465 e. The van der Waals surface area contributed by atoms with Crippen molar-refractivity contribution in [2.45, 2.75) is 19.3 Å². The van der Waals surface area contributed by atoms with E-state index in [1.165, 1.54) is 76.8 Å². The minimum absolute atomic E-state index is 0.0810. The molecule has 9 aromatic carbocycles. The summed E-state index contributed by atoms with van der Waals surface area (Å²) in [4.78, 5) is 2.40. The summed E-state index contributed by atoms with van der Waals surface area (Å²) in [7, 11) is 0. The summed E-state index contributed by atoms with van der Waals surface area (Å²) in [5.74, 6) is 0. The van der Waals surface area contributed by atoms with Crippen LogP contribution >= 0.6 is 0 Å². The van der Waals surface area contributed by atoms with Crippen molar-refractivity contribution in [2.75, 3.05) is 4.90 Å². The van der Waals surface area contributed by atoms with E-state index in [1.807, 2.05) is 0 Å². The van der Waals surface area contributed by atoms with Gasteiger partial charge in [-0.25, -0.2) is 0 Å². The standard InChI is InChI=1S/C51H37N/c1-51(2)48-15-9-8-14-46(48)47-31-29-43(33-49(47)51)52(41-25-20-35(21-26-41)34-10-4-3-5-11-34)42-27-22-36(23-28-42)39-24-30-45-40(32-39)19-18-38-17-16-37-12-6-7-13-44(37)50(38)45/h3-33H,1-2H3. The fourth-order valence-electron chi connectivity index (χ4n) is 8.53. The third-order valence-electron chi connectivity index (χ3n) is 11.2. The molecule has 0 aliphatic heterocycles. The fourth-order valence-corrected chi connectivity index (χ4v) is 8.53. The van der Waals surface area contributed by atoms with Gasteiger partial charge in [0, 0.05) is 22.5 Å². The highest BCUT2D eigenvalue weighted by Crippen LogP contribution is 2.50. The third-order valence-corrected chi connectivity index (χ3v) is 11.2. The number of fused-ring (bicyclic) bond motifs is 8. The van der Waals surface area contributed by atoms with Crippen molar-refractivity contribution >= 4 is 49.4 Å². The quantitative estimate of drug-likeness (QED) is 0.166. The summed E-state index contributed by atoms with van der Waals surface area (Å²) < 4.78 is 0. The predicted octanol–water partition coefficient (Wildman–Crippen LogP) is 14.3. The van der Waals surface area contributed by atoms with Crippen molar-refractivity contribution in [3.8, 4) is 33.4 Å². The van der Waals surface area contributed by atoms with E-state index in [0.717, 1.165) is 17.1 Å². The van der Waals surface area contributed by atoms with Gasteiger partial charge in [-0.1, -0.05) is 159 Å². The van der Waals surface area contributed by atoms with Crippen LogP contribution in [0.15, 0.2) is 188 Å². The number of benzene rings is 9. The highest BCUT2D eigenvalue weighted by molar-refractivity contribution is 6.20. The number of hydrogen-bond donors (Lipinski definition) is 0. The predicted molar refractivity (Wildman–Crippen MR) is 222 cm³/mol. The second-order valence-corrected chi connectivity index (χ2v) is 14.6. The second kappa shape index (κ2) is 11.8. The smallest absolute Gasteiger partial charge is 0.0465 e. The Labute approximate surface area is 305 Å². The van der Waals surface area contributed by atoms with E-state index >= 15 is 0 Å². The molecule has 10 rings (SSSR count). The van der Waals surface area contributed by atoms with Crippen LogP contribution in [0.2, 0.25) is 0 Å². The average molecular weight is 664 g/mol. The SMILES string of the molecule is CC1(C)c2ccccc2-c2ccc(N(c3ccc(-c4ccccc4)cc3)c3ccc(-c4ccc5c(ccc6ccc7ccccc7c65)c4)cc3)cc21. The minimum atomic E-state index is -0.0810. The van der Waals surface area contributed by atoms with E-state index in [0.29, 0.717) is 0 Å². The maximum absolute atomic E-state index is 2.41. The molecule has 0 spiro atoms. The number of nitrogens with zero attached hydrogens (tertiary/aromatic N) is 1. The lowest BCUT2D eigenvalue weighted by Gasteiger charge is -2.28. The van der Waals surface area contributed by atoms with Crippen molar-refractivity contribution < 1.29 is 0 Å². The van der Waals surface area contributed by atoms with Crippen molar-refractivity contribution in [3.63, 3.8) is 0 Å². The first-order valence-electron chi connectivity index (χ1n) is 18.2. The normalized spacial score (nSPS) is 13.0. The Kier molecular flexibility index (Phi) is 6.91. The topological polar surface area (TPSA) is 3.24 Å². The van der Waals surface area contributed by atoms with E-state index in [9.17, 15) is 0 Å². The Morgan fingerprint density at radius 2 is 0.885 bits per heavy atom. The molecule has 0 atom stereocenters. The van der Waals surface area contributed by atoms with Crippen molar-refractivity contribution in [1.82, 2.24) is 0 Å². The zero-order valence-corrected chi connectivity index (χ0v) is 29.3. The summed E-state index contributed by atoms with van der Waals surface area (Å²) in [5, 5.41) is 7.73. The molecule has 1 heteroatoms. The number of hydrogen-bond acceptors (Lipinski definition) is 1. The molecule has 0 unspecified atom stereocenters. The summed E-state index contributed by atoms with van der Waals surface area (Å²) in [6.45, 7) is 4.70. The monoisotopic (exact) mass is 663 g/mol. The van der Waals surface area contributed by atoms with Crippen molar-refractivity contribution in [3.05, 3.63) is 199 Å². The van der Waals surface area contributed by atoms with Gasteiger partial charge in [-0.05, 0) is 119 Å². The molecule has 0 radical (unpaired) electrons. The summed E-state index contributed by atoms with van der Waals surface area (Å²) >= 11 is 0. The molecule has 0 saturated heterocycles. The molecule has 52 heavy (non-hydrogen) atoms. The van der Waals surface area contributed by atoms with E-state index < -0.39 is 0 Å². The number of rotatable bonds is 5. The molecule has 0 fully saturated rings. The van der Waals surface area contributed by atoms with Gasteiger partial charge in [-0.2, -0.15) is 0 Å². The zero-order chi connectivity index (χ0) is 34.8. The largest absolute Gasteiger partial charge is 0.310 e. The van der Waals surface area contributed by atoms with E-state index in [1.54, 1.807) is 0 Å². The summed E-state index contributed by atoms with van der Waals surface area (Å²) in [6, 6.07) is 69.1. The van der Waals surface area contributed by atoms with Gasteiger partial charge in [0.2, 0.25) is 0 Å². The van der Waals surface area contributed by atoms with Crippen LogP contribution in [0.5, 0.6) is 0 Å². The molecule has 0 bridgehead atoms. The van der Waals surface area contributed by atoms with Crippen LogP contribution in [0.1, 0.15) is 25.0 Å². The van der Waals surface area contributed by atoms with Crippen LogP contribution in [0.3, 0.4) is 0 Å². The fraction of sp³-hybridized carbons (Fsp3) is 0.0588. The Balaban J connectivity index is 1.06. The van der Waals surface area contributed by atoms with Crippen molar-refractivity contribution in [2.24, 2.45) is 0 Å². The molecule has 1 aliphatic rings. The molecule has 246 valence electrons. The Morgan fingerprint density at radius 1 is 0.346 bits per heavy atom. The van der Waals surface area contributed by atoms with Gasteiger partial charge >= 0.3 is 0 Å². The first-order valence-corrected chi connectivity index (χ1v) is 18.2. The van der Waals surface area contributed by atoms with Crippen LogP contribution in [0.25, 0.3) is 65.7 Å². The summed E-state index contributed by atoms with van der Waals surface area (Å²) in [5.41, 5.74) is 13.6. The number of anilines is 3. The van der Waals surface area contributed by atoms with Crippen LogP contribution in [0, 0.1) is 0 Å². The van der Waals surface area contributed by atoms with Gasteiger partial charge in [-0.15, -0.1) is 0 Å². The lowest BCUT2D eigenvalue weighted by atomic mass is 9.82. The van der Waals surface area contributed by atoms with Crippen LogP contribution in [-0.2, 0) is 5.41 Å². The minimum Gasteiger partial charge on any atom is -0.310 e. The molecule has 1 aliphatic carbocycles. The van der Waals surface area contributed by atoms with Gasteiger partial charge < -0.3 is 4.90 Å². The molecule has 0 amide bonds. The Morgan fingerprint density at radius 3 is 1.65 bits per heavy atom. The maximum atomic E-state index is 2.41. The lowest BCUT2D eigenvalue weighted by molar-refractivity contribution is 0.660. The van der Waals surface area contributed by atoms with Crippen LogP contribution in [0.4, 0.5) is 17.1 Å². The molecule has 0 N–H and O–H groups in total. The van der Waals surface area contributed by atoms with Gasteiger partial charge in [-0.3, -0.25) is 0 Å². The van der Waals surface area contributed by atoms with E-state index in [2.05, 4.69) is 207 Å². The molecule has 9 aromatic rings. The Hall–Kier alpha value is -6.44. The second-order valence-electron chi connectivity index (χ2n) is 14.6. The van der Waals surface area contributed by atoms with E-state index in [4.69, 9.17) is 0 Å². The van der Waals surface area contributed by atoms with Gasteiger partial charge in [0.05, 0.1) is 0 Å². The van der Waals surface area contributed by atoms with Gasteiger partial charge in [0.15, 0.2) is 0 Å². The third kappa shape index (κ3) is 4.85. The highest BCUT2D eigenvalue weighted by atomic mass is 15.1. The van der Waals surface area contributed by atoms with E-state index in [-0.39, 0.29) is 5.41 Å². The van der Waals surface area contributed by atoms with Crippen molar-refractivity contribution in [1.29, 1.82) is 0 Å². The molecular formula is C51H37N. The van der Waals surface area contributed by atoms with Crippen LogP contribution in [-0.4, -0.2) is 0 Å². The molecule has 0 aromatic heterocycles. The summed E-state index contributed by atoms with van der Waals surface area (Å²) in [6.07, 6.45) is 0. The average Bonchev–Trinajstić information content (AvgIpc) is 3.44. The lowest BCUT2D eigenvalue weighted by Crippen LogP contribution is -2.16. The molecule has 0 saturated carbocycles.